The summed E-state index contributed by atoms with van der Waals surface area (Å²) in [5, 5.41) is 1.51. The van der Waals surface area contributed by atoms with Crippen LogP contribution in [0.15, 0.2) is 0 Å². The zero-order chi connectivity index (χ0) is 15.7. The fraction of sp³-hybridized carbons (Fsp3) is 0.600. The molecule has 0 atom stereocenters. The molecule has 1 N–H and O–H groups in total. The molecule has 1 aliphatic rings. The number of nitrogens with one attached hydrogen (secondary N) is 1. The number of carbonyl (C=O) groups excluding carboxylic acids is 4. The number of nitrogens with zero attached hydrogens (tertiary/aromatic N) is 2. The Balaban J connectivity index is 2.69. The maximum Gasteiger partial charge on any atom is 0.405 e. The number of alkyl halides is 3. The minimum absolute atomic E-state index is 0.314. The largest absolute Gasteiger partial charge is 0.405 e. The SMILES string of the molecule is CC(C)N1C(=O)C(=O)N(CC(=O)NCC(F)(F)F)C1=O. The predicted octanol–water partition coefficient (Wildman–Crippen LogP) is -0.136. The van der Waals surface area contributed by atoms with Crippen molar-refractivity contribution in [2.45, 2.75) is 26.1 Å². The molecular formula is C10H12F3N3O4. The van der Waals surface area contributed by atoms with E-state index < -0.39 is 49.1 Å². The lowest BCUT2D eigenvalue weighted by Crippen LogP contribution is -2.44. The van der Waals surface area contributed by atoms with Gasteiger partial charge in [0.15, 0.2) is 0 Å². The molecular weight excluding hydrogens is 283 g/mol. The van der Waals surface area contributed by atoms with Crippen molar-refractivity contribution in [1.82, 2.24) is 15.1 Å². The normalized spacial score (nSPS) is 16.4. The number of hydrogen-bond donors (Lipinski definition) is 1. The maximum atomic E-state index is 11.9. The fourth-order valence-electron chi connectivity index (χ4n) is 1.52. The highest BCUT2D eigenvalue weighted by Gasteiger charge is 2.46. The van der Waals surface area contributed by atoms with Crippen molar-refractivity contribution >= 4 is 23.8 Å². The van der Waals surface area contributed by atoms with Crippen LogP contribution in [0.2, 0.25) is 0 Å². The van der Waals surface area contributed by atoms with Crippen molar-refractivity contribution in [2.24, 2.45) is 0 Å². The smallest absolute Gasteiger partial charge is 0.345 e. The minimum Gasteiger partial charge on any atom is -0.345 e. The summed E-state index contributed by atoms with van der Waals surface area (Å²) in [6.07, 6.45) is -4.60. The van der Waals surface area contributed by atoms with Crippen molar-refractivity contribution in [3.8, 4) is 0 Å². The Morgan fingerprint density at radius 3 is 2.15 bits per heavy atom. The third-order valence-corrected chi connectivity index (χ3v) is 2.39. The van der Waals surface area contributed by atoms with Gasteiger partial charge in [-0.2, -0.15) is 13.2 Å². The average Bonchev–Trinajstić information content (AvgIpc) is 2.50. The van der Waals surface area contributed by atoms with Gasteiger partial charge in [0.1, 0.15) is 13.1 Å². The first-order chi connectivity index (χ1) is 9.04. The average molecular weight is 295 g/mol. The lowest BCUT2D eigenvalue weighted by molar-refractivity contribution is -0.145. The van der Waals surface area contributed by atoms with Crippen LogP contribution in [0.3, 0.4) is 0 Å². The molecule has 0 radical (unpaired) electrons. The molecule has 1 fully saturated rings. The lowest BCUT2D eigenvalue weighted by Gasteiger charge is -2.18. The van der Waals surface area contributed by atoms with Crippen LogP contribution < -0.4 is 5.32 Å². The number of halogens is 3. The number of hydrogen-bond acceptors (Lipinski definition) is 4. The summed E-state index contributed by atoms with van der Waals surface area (Å²) in [6, 6.07) is -1.61. The quantitative estimate of drug-likeness (QED) is 0.578. The highest BCUT2D eigenvalue weighted by atomic mass is 19.4. The van der Waals surface area contributed by atoms with Crippen LogP contribution in [0.4, 0.5) is 18.0 Å². The first-order valence-electron chi connectivity index (χ1n) is 5.57. The number of amides is 5. The Morgan fingerprint density at radius 2 is 1.75 bits per heavy atom. The monoisotopic (exact) mass is 295 g/mol. The van der Waals surface area contributed by atoms with E-state index in [-0.39, 0.29) is 0 Å². The Bertz CT molecular complexity index is 461. The van der Waals surface area contributed by atoms with Crippen LogP contribution in [0.25, 0.3) is 0 Å². The molecule has 5 amide bonds. The van der Waals surface area contributed by atoms with Crippen molar-refractivity contribution < 1.29 is 32.3 Å². The third-order valence-electron chi connectivity index (χ3n) is 2.39. The zero-order valence-corrected chi connectivity index (χ0v) is 10.7. The molecule has 1 heterocycles. The van der Waals surface area contributed by atoms with E-state index in [0.29, 0.717) is 9.80 Å². The molecule has 0 aliphatic carbocycles. The van der Waals surface area contributed by atoms with Crippen molar-refractivity contribution in [3.63, 3.8) is 0 Å². The molecule has 0 spiro atoms. The van der Waals surface area contributed by atoms with Crippen LogP contribution in [0.5, 0.6) is 0 Å². The van der Waals surface area contributed by atoms with Gasteiger partial charge < -0.3 is 5.32 Å². The summed E-state index contributed by atoms with van der Waals surface area (Å²) in [7, 11) is 0. The van der Waals surface area contributed by atoms with Gasteiger partial charge in [0, 0.05) is 6.04 Å². The molecule has 1 rings (SSSR count). The predicted molar refractivity (Wildman–Crippen MR) is 58.2 cm³/mol. The van der Waals surface area contributed by atoms with Gasteiger partial charge in [-0.1, -0.05) is 0 Å². The first kappa shape index (κ1) is 15.9. The Labute approximate surface area is 111 Å². The van der Waals surface area contributed by atoms with Crippen LogP contribution in [0, 0.1) is 0 Å². The Morgan fingerprint density at radius 1 is 1.20 bits per heavy atom. The second-order valence-electron chi connectivity index (χ2n) is 4.33. The number of imide groups is 2. The Kier molecular flexibility index (Phi) is 4.36. The standard InChI is InChI=1S/C10H12F3N3O4/c1-5(2)16-8(19)7(18)15(9(16)20)3-6(17)14-4-10(11,12)13/h5H,3-4H2,1-2H3,(H,14,17). The van der Waals surface area contributed by atoms with E-state index in [2.05, 4.69) is 0 Å². The van der Waals surface area contributed by atoms with Crippen molar-refractivity contribution in [2.75, 3.05) is 13.1 Å². The van der Waals surface area contributed by atoms with Gasteiger partial charge in [0.25, 0.3) is 0 Å². The van der Waals surface area contributed by atoms with E-state index in [0.717, 1.165) is 0 Å². The van der Waals surface area contributed by atoms with Gasteiger partial charge in [-0.15, -0.1) is 0 Å². The van der Waals surface area contributed by atoms with Crippen LogP contribution in [-0.4, -0.2) is 58.9 Å². The van der Waals surface area contributed by atoms with Crippen molar-refractivity contribution in [3.05, 3.63) is 0 Å². The number of urea groups is 1. The molecule has 1 aliphatic heterocycles. The van der Waals surface area contributed by atoms with Gasteiger partial charge in [0.2, 0.25) is 5.91 Å². The lowest BCUT2D eigenvalue weighted by atomic mass is 10.3. The van der Waals surface area contributed by atoms with E-state index >= 15 is 0 Å². The van der Waals surface area contributed by atoms with Crippen LogP contribution >= 0.6 is 0 Å². The topological polar surface area (TPSA) is 86.8 Å². The molecule has 20 heavy (non-hydrogen) atoms. The van der Waals surface area contributed by atoms with Crippen LogP contribution in [-0.2, 0) is 14.4 Å². The molecule has 1 saturated heterocycles. The summed E-state index contributed by atoms with van der Waals surface area (Å²) >= 11 is 0. The summed E-state index contributed by atoms with van der Waals surface area (Å²) in [6.45, 7) is 0.458. The highest BCUT2D eigenvalue weighted by molar-refractivity contribution is 6.45. The molecule has 0 aromatic rings. The maximum absolute atomic E-state index is 11.9. The molecule has 7 nitrogen and oxygen atoms in total. The van der Waals surface area contributed by atoms with E-state index in [1.807, 2.05) is 0 Å². The van der Waals surface area contributed by atoms with E-state index in [1.54, 1.807) is 0 Å². The molecule has 0 aromatic carbocycles. The second kappa shape index (κ2) is 5.47. The second-order valence-corrected chi connectivity index (χ2v) is 4.33. The first-order valence-corrected chi connectivity index (χ1v) is 5.57. The summed E-state index contributed by atoms with van der Waals surface area (Å²) < 4.78 is 35.7. The summed E-state index contributed by atoms with van der Waals surface area (Å²) in [5.41, 5.74) is 0. The third kappa shape index (κ3) is 3.45. The zero-order valence-electron chi connectivity index (χ0n) is 10.7. The molecule has 0 aromatic heterocycles. The molecule has 0 saturated carbocycles. The number of carbonyl (C=O) groups is 4. The Hall–Kier alpha value is -2.13. The number of rotatable bonds is 4. The molecule has 112 valence electrons. The van der Waals surface area contributed by atoms with Crippen molar-refractivity contribution in [1.29, 1.82) is 0 Å². The summed E-state index contributed by atoms with van der Waals surface area (Å²) in [5.74, 6) is -3.51. The van der Waals surface area contributed by atoms with E-state index in [1.165, 1.54) is 19.2 Å². The fourth-order valence-corrected chi connectivity index (χ4v) is 1.52. The molecule has 10 heteroatoms. The van der Waals surface area contributed by atoms with Gasteiger partial charge in [0.05, 0.1) is 0 Å². The van der Waals surface area contributed by atoms with Gasteiger partial charge in [-0.05, 0) is 13.8 Å². The van der Waals surface area contributed by atoms with E-state index in [4.69, 9.17) is 0 Å². The minimum atomic E-state index is -4.60. The van der Waals surface area contributed by atoms with Gasteiger partial charge in [-0.25, -0.2) is 9.69 Å². The van der Waals surface area contributed by atoms with Gasteiger partial charge in [-0.3, -0.25) is 19.3 Å². The van der Waals surface area contributed by atoms with E-state index in [9.17, 15) is 32.3 Å². The molecule has 0 bridgehead atoms. The summed E-state index contributed by atoms with van der Waals surface area (Å²) in [4.78, 5) is 46.8. The highest BCUT2D eigenvalue weighted by Crippen LogP contribution is 2.15. The van der Waals surface area contributed by atoms with Crippen LogP contribution in [0.1, 0.15) is 13.8 Å². The van der Waals surface area contributed by atoms with Gasteiger partial charge >= 0.3 is 24.0 Å². The molecule has 0 unspecified atom stereocenters.